The maximum absolute atomic E-state index is 9.09. The molecule has 4 nitrogen and oxygen atoms in total. The normalized spacial score (nSPS) is 15.9. The SMILES string of the molecule is CNC(C)(CO)Cn1ccnc1. The van der Waals surface area contributed by atoms with Crippen molar-refractivity contribution >= 4 is 0 Å². The molecule has 0 bridgehead atoms. The Morgan fingerprint density at radius 3 is 2.83 bits per heavy atom. The predicted molar refractivity (Wildman–Crippen MR) is 46.8 cm³/mol. The number of aliphatic hydroxyl groups is 1. The lowest BCUT2D eigenvalue weighted by Crippen LogP contribution is -2.46. The molecule has 0 saturated carbocycles. The Bertz CT molecular complexity index is 216. The summed E-state index contributed by atoms with van der Waals surface area (Å²) >= 11 is 0. The molecule has 1 rings (SSSR count). The number of imidazole rings is 1. The molecule has 2 N–H and O–H groups in total. The fourth-order valence-electron chi connectivity index (χ4n) is 0.991. The lowest BCUT2D eigenvalue weighted by Gasteiger charge is -2.26. The second kappa shape index (κ2) is 3.69. The fourth-order valence-corrected chi connectivity index (χ4v) is 0.991. The first kappa shape index (κ1) is 9.22. The number of nitrogens with zero attached hydrogens (tertiary/aromatic N) is 2. The Kier molecular flexibility index (Phi) is 2.83. The standard InChI is InChI=1S/C8H15N3O/c1-8(6-12,9-2)5-11-4-3-10-7-11/h3-4,7,9,12H,5-6H2,1-2H3. The molecule has 0 aliphatic rings. The lowest BCUT2D eigenvalue weighted by atomic mass is 10.0. The summed E-state index contributed by atoms with van der Waals surface area (Å²) in [4.78, 5) is 3.93. The quantitative estimate of drug-likeness (QED) is 0.659. The highest BCUT2D eigenvalue weighted by atomic mass is 16.3. The van der Waals surface area contributed by atoms with Gasteiger partial charge in [-0.25, -0.2) is 4.98 Å². The van der Waals surface area contributed by atoms with E-state index in [1.165, 1.54) is 0 Å². The van der Waals surface area contributed by atoms with Crippen molar-refractivity contribution in [1.29, 1.82) is 0 Å². The minimum absolute atomic E-state index is 0.113. The second-order valence-corrected chi connectivity index (χ2v) is 3.20. The van der Waals surface area contributed by atoms with Crippen LogP contribution in [0.1, 0.15) is 6.92 Å². The van der Waals surface area contributed by atoms with E-state index in [1.54, 1.807) is 12.5 Å². The fraction of sp³-hybridized carbons (Fsp3) is 0.625. The molecule has 1 unspecified atom stereocenters. The van der Waals surface area contributed by atoms with Crippen LogP contribution in [0, 0.1) is 0 Å². The van der Waals surface area contributed by atoms with Gasteiger partial charge in [0.1, 0.15) is 0 Å². The molecule has 0 saturated heterocycles. The number of rotatable bonds is 4. The smallest absolute Gasteiger partial charge is 0.0946 e. The first-order valence-corrected chi connectivity index (χ1v) is 3.96. The van der Waals surface area contributed by atoms with Crippen LogP contribution >= 0.6 is 0 Å². The summed E-state index contributed by atoms with van der Waals surface area (Å²) in [6, 6.07) is 0. The van der Waals surface area contributed by atoms with E-state index in [1.807, 2.05) is 24.7 Å². The van der Waals surface area contributed by atoms with E-state index in [2.05, 4.69) is 10.3 Å². The third-order valence-corrected chi connectivity index (χ3v) is 2.04. The molecule has 12 heavy (non-hydrogen) atoms. The average molecular weight is 169 g/mol. The van der Waals surface area contributed by atoms with Gasteiger partial charge in [-0.3, -0.25) is 0 Å². The van der Waals surface area contributed by atoms with Gasteiger partial charge in [-0.2, -0.15) is 0 Å². The Labute approximate surface area is 72.2 Å². The minimum Gasteiger partial charge on any atom is -0.394 e. The number of nitrogens with one attached hydrogen (secondary N) is 1. The largest absolute Gasteiger partial charge is 0.394 e. The summed E-state index contributed by atoms with van der Waals surface area (Å²) < 4.78 is 1.94. The molecule has 68 valence electrons. The van der Waals surface area contributed by atoms with E-state index < -0.39 is 0 Å². The minimum atomic E-state index is -0.263. The van der Waals surface area contributed by atoms with Gasteiger partial charge in [0.15, 0.2) is 0 Å². The van der Waals surface area contributed by atoms with Gasteiger partial charge in [0.05, 0.1) is 18.5 Å². The molecule has 1 heterocycles. The third-order valence-electron chi connectivity index (χ3n) is 2.04. The first-order valence-electron chi connectivity index (χ1n) is 3.96. The molecule has 0 aliphatic carbocycles. The molecule has 0 amide bonds. The summed E-state index contributed by atoms with van der Waals surface area (Å²) in [6.45, 7) is 2.80. The third kappa shape index (κ3) is 2.06. The maximum Gasteiger partial charge on any atom is 0.0946 e. The number of hydrogen-bond donors (Lipinski definition) is 2. The van der Waals surface area contributed by atoms with Crippen molar-refractivity contribution in [2.75, 3.05) is 13.7 Å². The van der Waals surface area contributed by atoms with Crippen molar-refractivity contribution in [3.63, 3.8) is 0 Å². The monoisotopic (exact) mass is 169 g/mol. The van der Waals surface area contributed by atoms with Crippen LogP contribution in [0.4, 0.5) is 0 Å². The van der Waals surface area contributed by atoms with Gasteiger partial charge in [-0.05, 0) is 14.0 Å². The summed E-state index contributed by atoms with van der Waals surface area (Å²) in [5, 5.41) is 12.2. The zero-order chi connectivity index (χ0) is 9.03. The van der Waals surface area contributed by atoms with Crippen LogP contribution in [0.15, 0.2) is 18.7 Å². The topological polar surface area (TPSA) is 50.1 Å². The van der Waals surface area contributed by atoms with Crippen molar-refractivity contribution in [2.24, 2.45) is 0 Å². The second-order valence-electron chi connectivity index (χ2n) is 3.20. The van der Waals surface area contributed by atoms with Crippen LogP contribution < -0.4 is 5.32 Å². The summed E-state index contributed by atoms with van der Waals surface area (Å²) in [5.74, 6) is 0. The molecular weight excluding hydrogens is 154 g/mol. The Hall–Kier alpha value is -0.870. The zero-order valence-corrected chi connectivity index (χ0v) is 7.49. The molecule has 0 aliphatic heterocycles. The van der Waals surface area contributed by atoms with E-state index in [0.717, 1.165) is 6.54 Å². The zero-order valence-electron chi connectivity index (χ0n) is 7.49. The Morgan fingerprint density at radius 1 is 1.67 bits per heavy atom. The number of hydrogen-bond acceptors (Lipinski definition) is 3. The van der Waals surface area contributed by atoms with Crippen LogP contribution in [0.25, 0.3) is 0 Å². The number of likely N-dealkylation sites (N-methyl/N-ethyl adjacent to an activating group) is 1. The van der Waals surface area contributed by atoms with Crippen molar-refractivity contribution < 1.29 is 5.11 Å². The summed E-state index contributed by atoms with van der Waals surface area (Å²) in [5.41, 5.74) is -0.263. The highest BCUT2D eigenvalue weighted by Gasteiger charge is 2.20. The van der Waals surface area contributed by atoms with Crippen LogP contribution in [0.3, 0.4) is 0 Å². The molecule has 1 aromatic heterocycles. The van der Waals surface area contributed by atoms with Crippen LogP contribution in [-0.2, 0) is 6.54 Å². The van der Waals surface area contributed by atoms with E-state index in [-0.39, 0.29) is 12.1 Å². The van der Waals surface area contributed by atoms with E-state index in [9.17, 15) is 0 Å². The molecule has 0 fully saturated rings. The number of aromatic nitrogens is 2. The van der Waals surface area contributed by atoms with E-state index in [0.29, 0.717) is 0 Å². The lowest BCUT2D eigenvalue weighted by molar-refractivity contribution is 0.165. The number of aliphatic hydroxyl groups excluding tert-OH is 1. The molecular formula is C8H15N3O. The molecule has 0 spiro atoms. The van der Waals surface area contributed by atoms with Crippen molar-refractivity contribution in [3.05, 3.63) is 18.7 Å². The van der Waals surface area contributed by atoms with Crippen LogP contribution in [0.2, 0.25) is 0 Å². The highest BCUT2D eigenvalue weighted by molar-refractivity contribution is 4.85. The van der Waals surface area contributed by atoms with E-state index in [4.69, 9.17) is 5.11 Å². The predicted octanol–water partition coefficient (Wildman–Crippen LogP) is -0.147. The molecule has 1 atom stereocenters. The van der Waals surface area contributed by atoms with Gasteiger partial charge in [-0.1, -0.05) is 0 Å². The highest BCUT2D eigenvalue weighted by Crippen LogP contribution is 2.05. The Morgan fingerprint density at radius 2 is 2.42 bits per heavy atom. The van der Waals surface area contributed by atoms with Gasteiger partial charge in [0.25, 0.3) is 0 Å². The van der Waals surface area contributed by atoms with Crippen molar-refractivity contribution in [3.8, 4) is 0 Å². The van der Waals surface area contributed by atoms with Crippen LogP contribution in [-0.4, -0.2) is 33.9 Å². The summed E-state index contributed by atoms with van der Waals surface area (Å²) in [7, 11) is 1.84. The van der Waals surface area contributed by atoms with Gasteiger partial charge >= 0.3 is 0 Å². The van der Waals surface area contributed by atoms with Crippen LogP contribution in [0.5, 0.6) is 0 Å². The van der Waals surface area contributed by atoms with Gasteiger partial charge in [0, 0.05) is 18.9 Å². The molecule has 4 heteroatoms. The van der Waals surface area contributed by atoms with Crippen molar-refractivity contribution in [2.45, 2.75) is 19.0 Å². The van der Waals surface area contributed by atoms with Gasteiger partial charge in [0.2, 0.25) is 0 Å². The maximum atomic E-state index is 9.09. The van der Waals surface area contributed by atoms with Gasteiger partial charge in [-0.15, -0.1) is 0 Å². The molecule has 0 aromatic carbocycles. The Balaban J connectivity index is 2.60. The van der Waals surface area contributed by atoms with Gasteiger partial charge < -0.3 is 15.0 Å². The molecule has 1 aromatic rings. The van der Waals surface area contributed by atoms with Crippen molar-refractivity contribution in [1.82, 2.24) is 14.9 Å². The molecule has 0 radical (unpaired) electrons. The van der Waals surface area contributed by atoms with E-state index >= 15 is 0 Å². The summed E-state index contributed by atoms with van der Waals surface area (Å²) in [6.07, 6.45) is 5.35. The average Bonchev–Trinajstić information content (AvgIpc) is 2.57. The first-order chi connectivity index (χ1) is 5.70.